The van der Waals surface area contributed by atoms with Gasteiger partial charge in [-0.2, -0.15) is 0 Å². The Bertz CT molecular complexity index is 726. The molecule has 0 amide bonds. The van der Waals surface area contributed by atoms with Crippen LogP contribution in [-0.4, -0.2) is 9.97 Å². The van der Waals surface area contributed by atoms with Gasteiger partial charge in [-0.3, -0.25) is 9.78 Å². The normalized spacial score (nSPS) is 10.6. The molecular formula is C14H10N2O. The first kappa shape index (κ1) is 9.78. The Labute approximate surface area is 97.8 Å². The predicted molar refractivity (Wildman–Crippen MR) is 67.8 cm³/mol. The molecule has 0 saturated heterocycles. The predicted octanol–water partition coefficient (Wildman–Crippen LogP) is 2.59. The van der Waals surface area contributed by atoms with Gasteiger partial charge in [-0.1, -0.05) is 24.3 Å². The highest BCUT2D eigenvalue weighted by molar-refractivity contribution is 5.92. The smallest absolute Gasteiger partial charge is 0.182 e. The summed E-state index contributed by atoms with van der Waals surface area (Å²) in [5.74, 6) is 0. The largest absolute Gasteiger partial charge is 0.361 e. The number of H-pyrrole nitrogens is 1. The molecule has 1 aromatic carbocycles. The van der Waals surface area contributed by atoms with E-state index in [0.29, 0.717) is 0 Å². The molecule has 3 rings (SSSR count). The maximum atomic E-state index is 11.4. The van der Waals surface area contributed by atoms with E-state index >= 15 is 0 Å². The fraction of sp³-hybridized carbons (Fsp3) is 0. The van der Waals surface area contributed by atoms with Crippen LogP contribution in [0.15, 0.2) is 59.7 Å². The Morgan fingerprint density at radius 2 is 1.94 bits per heavy atom. The van der Waals surface area contributed by atoms with Gasteiger partial charge in [0.05, 0.1) is 11.2 Å². The van der Waals surface area contributed by atoms with E-state index in [9.17, 15) is 4.79 Å². The van der Waals surface area contributed by atoms with Gasteiger partial charge in [0.2, 0.25) is 0 Å². The number of hydrogen-bond donors (Lipinski definition) is 1. The minimum atomic E-state index is -0.00770. The van der Waals surface area contributed by atoms with Crippen molar-refractivity contribution in [3.05, 3.63) is 65.1 Å². The Morgan fingerprint density at radius 1 is 1.06 bits per heavy atom. The summed E-state index contributed by atoms with van der Waals surface area (Å²) in [4.78, 5) is 18.8. The second kappa shape index (κ2) is 3.87. The van der Waals surface area contributed by atoms with Crippen molar-refractivity contribution in [1.82, 2.24) is 9.97 Å². The average Bonchev–Trinajstić information content (AvgIpc) is 2.38. The molecule has 0 spiro atoms. The average molecular weight is 222 g/mol. The van der Waals surface area contributed by atoms with Crippen LogP contribution in [0.3, 0.4) is 0 Å². The van der Waals surface area contributed by atoms with Crippen LogP contribution in [0.5, 0.6) is 0 Å². The van der Waals surface area contributed by atoms with E-state index < -0.39 is 0 Å². The third kappa shape index (κ3) is 1.72. The van der Waals surface area contributed by atoms with E-state index in [2.05, 4.69) is 9.97 Å². The summed E-state index contributed by atoms with van der Waals surface area (Å²) in [6, 6.07) is 12.9. The Morgan fingerprint density at radius 3 is 2.82 bits per heavy atom. The summed E-state index contributed by atoms with van der Waals surface area (Å²) in [6.45, 7) is 0. The van der Waals surface area contributed by atoms with Crippen LogP contribution >= 0.6 is 0 Å². The molecule has 0 atom stereocenters. The zero-order valence-corrected chi connectivity index (χ0v) is 9.05. The molecule has 0 aliphatic carbocycles. The fourth-order valence-electron chi connectivity index (χ4n) is 1.92. The number of aromatic amines is 1. The molecular weight excluding hydrogens is 212 g/mol. The number of fused-ring (bicyclic) bond motifs is 1. The number of hydrogen-bond acceptors (Lipinski definition) is 2. The first-order valence-corrected chi connectivity index (χ1v) is 5.37. The van der Waals surface area contributed by atoms with Crippen LogP contribution < -0.4 is 5.43 Å². The van der Waals surface area contributed by atoms with Crippen LogP contribution in [0.1, 0.15) is 0 Å². The van der Waals surface area contributed by atoms with Crippen molar-refractivity contribution < 1.29 is 0 Å². The first-order chi connectivity index (χ1) is 8.34. The van der Waals surface area contributed by atoms with Crippen LogP contribution in [0, 0.1) is 0 Å². The molecule has 0 radical (unpaired) electrons. The molecule has 0 aliphatic heterocycles. The number of nitrogens with one attached hydrogen (secondary N) is 1. The second-order valence-corrected chi connectivity index (χ2v) is 3.82. The van der Waals surface area contributed by atoms with Gasteiger partial charge in [-0.05, 0) is 6.07 Å². The highest BCUT2D eigenvalue weighted by Crippen LogP contribution is 2.24. The van der Waals surface area contributed by atoms with Crippen molar-refractivity contribution in [2.45, 2.75) is 0 Å². The molecule has 0 unspecified atom stereocenters. The topological polar surface area (TPSA) is 45.8 Å². The molecule has 0 saturated carbocycles. The lowest BCUT2D eigenvalue weighted by atomic mass is 10.1. The minimum Gasteiger partial charge on any atom is -0.361 e. The molecule has 1 N–H and O–H groups in total. The summed E-state index contributed by atoms with van der Waals surface area (Å²) in [5.41, 5.74) is 2.63. The Kier molecular flexibility index (Phi) is 2.22. The zero-order valence-electron chi connectivity index (χ0n) is 9.05. The second-order valence-electron chi connectivity index (χ2n) is 3.82. The van der Waals surface area contributed by atoms with Gasteiger partial charge in [0.15, 0.2) is 5.43 Å². The van der Waals surface area contributed by atoms with Crippen molar-refractivity contribution >= 4 is 10.9 Å². The van der Waals surface area contributed by atoms with E-state index in [-0.39, 0.29) is 5.43 Å². The Balaban J connectivity index is 2.34. The molecule has 2 heterocycles. The molecule has 0 aliphatic rings. The third-order valence-electron chi connectivity index (χ3n) is 2.70. The highest BCUT2D eigenvalue weighted by Gasteiger charge is 2.04. The van der Waals surface area contributed by atoms with Crippen molar-refractivity contribution in [3.8, 4) is 11.3 Å². The van der Waals surface area contributed by atoms with E-state index in [1.807, 2.05) is 30.3 Å². The molecule has 3 aromatic rings. The van der Waals surface area contributed by atoms with E-state index in [0.717, 1.165) is 22.2 Å². The lowest BCUT2D eigenvalue weighted by molar-refractivity contribution is 1.30. The fourth-order valence-corrected chi connectivity index (χ4v) is 1.92. The number of para-hydroxylation sites is 1. The maximum absolute atomic E-state index is 11.4. The molecule has 82 valence electrons. The summed E-state index contributed by atoms with van der Waals surface area (Å²) in [5, 5.41) is 1.06. The van der Waals surface area contributed by atoms with Crippen molar-refractivity contribution in [2.24, 2.45) is 0 Å². The Hall–Kier alpha value is -2.42. The first-order valence-electron chi connectivity index (χ1n) is 5.37. The third-order valence-corrected chi connectivity index (χ3v) is 2.70. The van der Waals surface area contributed by atoms with Crippen LogP contribution in [0.25, 0.3) is 22.2 Å². The number of benzene rings is 1. The molecule has 17 heavy (non-hydrogen) atoms. The SMILES string of the molecule is O=c1cc[nH]c(-c2cccc3cccnc23)c1. The molecule has 0 fully saturated rings. The lowest BCUT2D eigenvalue weighted by Gasteiger charge is -2.04. The van der Waals surface area contributed by atoms with Gasteiger partial charge in [-0.25, -0.2) is 0 Å². The lowest BCUT2D eigenvalue weighted by Crippen LogP contribution is -1.98. The van der Waals surface area contributed by atoms with Crippen LogP contribution in [0.2, 0.25) is 0 Å². The summed E-state index contributed by atoms with van der Waals surface area (Å²) >= 11 is 0. The standard InChI is InChI=1S/C14H10N2O/c17-11-6-8-15-13(9-11)12-5-1-3-10-4-2-7-16-14(10)12/h1-9H,(H,15,17). The summed E-state index contributed by atoms with van der Waals surface area (Å²) in [7, 11) is 0. The van der Waals surface area contributed by atoms with E-state index in [1.165, 1.54) is 6.07 Å². The van der Waals surface area contributed by atoms with Gasteiger partial charge < -0.3 is 4.98 Å². The quantitative estimate of drug-likeness (QED) is 0.687. The van der Waals surface area contributed by atoms with Crippen molar-refractivity contribution in [2.75, 3.05) is 0 Å². The van der Waals surface area contributed by atoms with Gasteiger partial charge in [0.25, 0.3) is 0 Å². The number of rotatable bonds is 1. The minimum absolute atomic E-state index is 0.00770. The van der Waals surface area contributed by atoms with Crippen LogP contribution in [-0.2, 0) is 0 Å². The summed E-state index contributed by atoms with van der Waals surface area (Å²) in [6.07, 6.45) is 3.41. The number of aromatic nitrogens is 2. The van der Waals surface area contributed by atoms with E-state index in [4.69, 9.17) is 0 Å². The van der Waals surface area contributed by atoms with Crippen molar-refractivity contribution in [3.63, 3.8) is 0 Å². The molecule has 2 aromatic heterocycles. The number of nitrogens with zero attached hydrogens (tertiary/aromatic N) is 1. The van der Waals surface area contributed by atoms with Crippen molar-refractivity contribution in [1.29, 1.82) is 0 Å². The highest BCUT2D eigenvalue weighted by atomic mass is 16.1. The molecule has 0 bridgehead atoms. The zero-order chi connectivity index (χ0) is 11.7. The maximum Gasteiger partial charge on any atom is 0.182 e. The molecule has 3 heteroatoms. The van der Waals surface area contributed by atoms with Crippen LogP contribution in [0.4, 0.5) is 0 Å². The number of pyridine rings is 2. The van der Waals surface area contributed by atoms with Gasteiger partial charge in [0.1, 0.15) is 0 Å². The van der Waals surface area contributed by atoms with Gasteiger partial charge in [0, 0.05) is 35.5 Å². The monoisotopic (exact) mass is 222 g/mol. The van der Waals surface area contributed by atoms with E-state index in [1.54, 1.807) is 18.5 Å². The molecule has 3 nitrogen and oxygen atoms in total. The van der Waals surface area contributed by atoms with Gasteiger partial charge in [-0.15, -0.1) is 0 Å². The van der Waals surface area contributed by atoms with Gasteiger partial charge >= 0.3 is 0 Å². The summed E-state index contributed by atoms with van der Waals surface area (Å²) < 4.78 is 0.